The van der Waals surface area contributed by atoms with E-state index in [2.05, 4.69) is 41.0 Å². The number of nitrogens with one attached hydrogen (secondary N) is 4. The highest BCUT2D eigenvalue weighted by Gasteiger charge is 2.40. The molecule has 25 heteroatoms. The Morgan fingerprint density at radius 2 is 0.797 bits per heavy atom. The lowest BCUT2D eigenvalue weighted by Crippen LogP contribution is -2.60. The minimum atomic E-state index is -1.60. The van der Waals surface area contributed by atoms with Gasteiger partial charge in [-0.2, -0.15) is 0 Å². The number of hydrogen-bond donors (Lipinski definition) is 17. The minimum absolute atomic E-state index is 0.495. The molecule has 0 aromatic rings. The Kier molecular flexibility index (Phi) is 35.8. The second-order valence-electron chi connectivity index (χ2n) is 14.7. The first-order valence-corrected chi connectivity index (χ1v) is 19.9. The molecule has 0 bridgehead atoms. The fraction of sp³-hybridized carbons (Fsp3) is 0.692. The summed E-state index contributed by atoms with van der Waals surface area (Å²) in [7, 11) is 0. The van der Waals surface area contributed by atoms with E-state index >= 15 is 0 Å². The van der Waals surface area contributed by atoms with E-state index in [9.17, 15) is 84.9 Å². The molecule has 19 N–H and O–H groups in total. The highest BCUT2D eigenvalue weighted by molar-refractivity contribution is 6.66. The molecule has 0 aromatic carbocycles. The molecule has 24 nitrogen and oxygen atoms in total. The Morgan fingerprint density at radius 1 is 0.484 bits per heavy atom. The van der Waals surface area contributed by atoms with Crippen molar-refractivity contribution in [1.29, 1.82) is 0 Å². The number of esters is 1. The van der Waals surface area contributed by atoms with Crippen LogP contribution in [0, 0.1) is 0 Å². The number of ether oxygens (including phenoxy) is 1. The maximum absolute atomic E-state index is 11.3. The number of nitrogens with two attached hydrogens (primary N) is 2. The van der Waals surface area contributed by atoms with Gasteiger partial charge in [0.2, 0.25) is 28.9 Å². The molecule has 0 saturated carbocycles. The normalized spacial score (nSPS) is 19.2. The second kappa shape index (κ2) is 34.4. The van der Waals surface area contributed by atoms with Crippen LogP contribution >= 0.6 is 11.6 Å². The van der Waals surface area contributed by atoms with Gasteiger partial charge in [-0.3, -0.25) is 24.0 Å². The average molecular weight is 949 g/mol. The molecule has 18 unspecified atom stereocenters. The maximum atomic E-state index is 11.3. The first-order valence-electron chi connectivity index (χ1n) is 19.6. The molecule has 0 aliphatic carbocycles. The molecule has 0 rings (SSSR count). The van der Waals surface area contributed by atoms with Crippen LogP contribution < -0.4 is 32.7 Å². The molecule has 0 aliphatic rings. The van der Waals surface area contributed by atoms with Crippen molar-refractivity contribution < 1.29 is 89.7 Å². The standard InChI is InChI=1S/2C13H24N2O6.C10H22N2O5.C3H3ClO/c1-5-9(18)21-13(6(2)14)12(20)10(15-8(4)17)11(19)7(3)16;1-5-9(18)14-6(2)11(19)13(21)10(15-8(4)17)12(20)7(3)16;1-4(11)8(15)10(17)7(12-6(3)14)9(16)5(2)13;1-2-3(4)5/h5-7,10-13,16,19-20H,1,14H2,2-4H3,(H,15,17);5-7,10-13,16,19-21H,1H2,2-4H3,(H,14,18)(H,15,17);4-5,7-10,13,15-17H,11H2,1-3H3,(H,12,14);2H,1H2. The zero-order chi connectivity index (χ0) is 51.5. The monoisotopic (exact) mass is 948 g/mol. The van der Waals surface area contributed by atoms with Gasteiger partial charge in [0.15, 0.2) is 0 Å². The maximum Gasteiger partial charge on any atom is 0.330 e. The number of halogens is 1. The smallest absolute Gasteiger partial charge is 0.330 e. The molecular weight excluding hydrogens is 876 g/mol. The third-order valence-corrected chi connectivity index (χ3v) is 8.69. The molecule has 0 fully saturated rings. The van der Waals surface area contributed by atoms with Gasteiger partial charge < -0.3 is 93.6 Å². The van der Waals surface area contributed by atoms with Gasteiger partial charge in [0.25, 0.3) is 0 Å². The molecule has 0 spiro atoms. The summed E-state index contributed by atoms with van der Waals surface area (Å²) in [6.45, 7) is 21.4. The molecule has 18 atom stereocenters. The van der Waals surface area contributed by atoms with E-state index in [1.54, 1.807) is 0 Å². The van der Waals surface area contributed by atoms with Gasteiger partial charge >= 0.3 is 5.97 Å². The van der Waals surface area contributed by atoms with E-state index in [1.807, 2.05) is 0 Å². The van der Waals surface area contributed by atoms with Crippen molar-refractivity contribution in [2.75, 3.05) is 0 Å². The van der Waals surface area contributed by atoms with E-state index in [-0.39, 0.29) is 0 Å². The van der Waals surface area contributed by atoms with E-state index in [4.69, 9.17) is 27.8 Å². The highest BCUT2D eigenvalue weighted by Crippen LogP contribution is 2.15. The number of carbonyl (C=O) groups is 6. The van der Waals surface area contributed by atoms with Gasteiger partial charge in [-0.15, -0.1) is 0 Å². The van der Waals surface area contributed by atoms with Crippen molar-refractivity contribution in [3.05, 3.63) is 38.0 Å². The van der Waals surface area contributed by atoms with Gasteiger partial charge in [-0.1, -0.05) is 19.7 Å². The minimum Gasteiger partial charge on any atom is -0.455 e. The van der Waals surface area contributed by atoms with Crippen LogP contribution in [0.25, 0.3) is 0 Å². The topological polar surface area (TPSA) is 434 Å². The third-order valence-electron chi connectivity index (χ3n) is 8.54. The number of aliphatic hydroxyl groups is 11. The zero-order valence-electron chi connectivity index (χ0n) is 37.6. The quantitative estimate of drug-likeness (QED) is 0.0257. The van der Waals surface area contributed by atoms with Crippen LogP contribution in [0.2, 0.25) is 0 Å². The van der Waals surface area contributed by atoms with E-state index in [1.165, 1.54) is 62.3 Å². The third kappa shape index (κ3) is 28.0. The largest absolute Gasteiger partial charge is 0.455 e. The summed E-state index contributed by atoms with van der Waals surface area (Å²) in [6.07, 6.45) is -13.6. The zero-order valence-corrected chi connectivity index (χ0v) is 38.3. The first kappa shape index (κ1) is 66.6. The summed E-state index contributed by atoms with van der Waals surface area (Å²) in [5.74, 6) is -2.91. The summed E-state index contributed by atoms with van der Waals surface area (Å²) in [6, 6.07) is -6.10. The number of hydrogen-bond acceptors (Lipinski definition) is 20. The SMILES string of the molecule is C=CC(=O)Cl.C=CC(=O)NC(C)C(O)C(O)C(NC(C)=O)C(O)C(C)O.C=CC(=O)OC(C(C)N)C(O)C(NC(C)=O)C(O)C(C)O.CC(=O)NC(C(O)C(C)O)C(O)C(O)C(C)N. The second-order valence-corrected chi connectivity index (χ2v) is 15.0. The van der Waals surface area contributed by atoms with Crippen LogP contribution in [0.3, 0.4) is 0 Å². The van der Waals surface area contributed by atoms with E-state index in [0.717, 1.165) is 18.2 Å². The van der Waals surface area contributed by atoms with Crippen molar-refractivity contribution in [1.82, 2.24) is 21.3 Å². The van der Waals surface area contributed by atoms with Crippen molar-refractivity contribution in [2.45, 2.75) is 172 Å². The number of carbonyl (C=O) groups excluding carboxylic acids is 6. The molecule has 0 radical (unpaired) electrons. The molecule has 0 heterocycles. The first-order chi connectivity index (χ1) is 29.2. The van der Waals surface area contributed by atoms with E-state index in [0.29, 0.717) is 0 Å². The molecule has 374 valence electrons. The summed E-state index contributed by atoms with van der Waals surface area (Å²) in [4.78, 5) is 65.2. The Morgan fingerprint density at radius 3 is 1.03 bits per heavy atom. The Labute approximate surface area is 378 Å². The van der Waals surface area contributed by atoms with Gasteiger partial charge in [-0.05, 0) is 65.3 Å². The van der Waals surface area contributed by atoms with Crippen LogP contribution in [-0.2, 0) is 33.5 Å². The fourth-order valence-corrected chi connectivity index (χ4v) is 5.00. The predicted molar refractivity (Wildman–Crippen MR) is 232 cm³/mol. The molecule has 0 aromatic heterocycles. The van der Waals surface area contributed by atoms with Gasteiger partial charge in [0, 0.05) is 38.9 Å². The van der Waals surface area contributed by atoms with Crippen molar-refractivity contribution >= 4 is 46.4 Å². The molecule has 64 heavy (non-hydrogen) atoms. The van der Waals surface area contributed by atoms with Gasteiger partial charge in [-0.25, -0.2) is 4.79 Å². The van der Waals surface area contributed by atoms with Crippen LogP contribution in [0.1, 0.15) is 62.3 Å². The van der Waals surface area contributed by atoms with Crippen molar-refractivity contribution in [2.24, 2.45) is 11.5 Å². The number of rotatable bonds is 23. The molecule has 4 amide bonds. The Hall–Kier alpha value is -3.99. The summed E-state index contributed by atoms with van der Waals surface area (Å²) in [5, 5.41) is 116. The molecule has 0 saturated heterocycles. The lowest BCUT2D eigenvalue weighted by Gasteiger charge is -2.35. The van der Waals surface area contributed by atoms with Crippen LogP contribution in [-0.4, -0.2) is 201 Å². The van der Waals surface area contributed by atoms with E-state index < -0.39 is 144 Å². The predicted octanol–water partition coefficient (Wildman–Crippen LogP) is -6.08. The average Bonchev–Trinajstić information content (AvgIpc) is 3.20. The fourth-order valence-electron chi connectivity index (χ4n) is 5.00. The van der Waals surface area contributed by atoms with Crippen molar-refractivity contribution in [3.8, 4) is 0 Å². The summed E-state index contributed by atoms with van der Waals surface area (Å²) >= 11 is 4.71. The van der Waals surface area contributed by atoms with Crippen molar-refractivity contribution in [3.63, 3.8) is 0 Å². The van der Waals surface area contributed by atoms with Crippen LogP contribution in [0.5, 0.6) is 0 Å². The summed E-state index contributed by atoms with van der Waals surface area (Å²) < 4.78 is 4.94. The Balaban J connectivity index is -0.000000402. The number of allylic oxidation sites excluding steroid dienone is 1. The lowest BCUT2D eigenvalue weighted by atomic mass is 9.93. The van der Waals surface area contributed by atoms with Gasteiger partial charge in [0.1, 0.15) is 48.8 Å². The molecule has 0 aliphatic heterocycles. The Bertz CT molecular complexity index is 1440. The lowest BCUT2D eigenvalue weighted by molar-refractivity contribution is -0.155. The molecular formula is C39H73ClN6O18. The number of amides is 4. The summed E-state index contributed by atoms with van der Waals surface area (Å²) in [5.41, 5.74) is 11.1. The number of aliphatic hydroxyl groups excluding tert-OH is 11. The van der Waals surface area contributed by atoms with Crippen LogP contribution in [0.4, 0.5) is 0 Å². The van der Waals surface area contributed by atoms with Crippen LogP contribution in [0.15, 0.2) is 38.0 Å². The van der Waals surface area contributed by atoms with Gasteiger partial charge in [0.05, 0.1) is 48.6 Å². The highest BCUT2D eigenvalue weighted by atomic mass is 35.5.